The molecule has 0 spiro atoms. The number of fused-ring (bicyclic) bond motifs is 2. The van der Waals surface area contributed by atoms with E-state index in [4.69, 9.17) is 5.73 Å². The molecular formula is C21H25N. The zero-order valence-electron chi connectivity index (χ0n) is 13.5. The van der Waals surface area contributed by atoms with E-state index in [1.807, 2.05) is 0 Å². The molecule has 0 heterocycles. The molecule has 2 N–H and O–H groups in total. The van der Waals surface area contributed by atoms with Gasteiger partial charge in [0.05, 0.1) is 0 Å². The first-order valence-electron chi connectivity index (χ1n) is 8.77. The van der Waals surface area contributed by atoms with Crippen LogP contribution in [0.15, 0.2) is 24.3 Å². The lowest BCUT2D eigenvalue weighted by molar-refractivity contribution is 0.681. The molecule has 22 heavy (non-hydrogen) atoms. The third-order valence-electron chi connectivity index (χ3n) is 5.56. The number of benzene rings is 2. The normalized spacial score (nSPS) is 17.0. The Morgan fingerprint density at radius 1 is 0.682 bits per heavy atom. The van der Waals surface area contributed by atoms with E-state index < -0.39 is 0 Å². The average molecular weight is 291 g/mol. The Balaban J connectivity index is 2.00. The maximum absolute atomic E-state index is 6.48. The standard InChI is InChI=1S/C21H25N/c1-14-10-11-15-6-2-4-8-17(15)20(14)21-18-9-5-3-7-16(18)12-13-19(21)22/h10-13H,2-9,22H2,1H3. The SMILES string of the molecule is Cc1ccc2c(c1-c1c(N)ccc3c1CCCC3)CCCC2. The highest BCUT2D eigenvalue weighted by Gasteiger charge is 2.22. The Morgan fingerprint density at radius 2 is 1.23 bits per heavy atom. The third kappa shape index (κ3) is 2.15. The second-order valence-electron chi connectivity index (χ2n) is 6.98. The van der Waals surface area contributed by atoms with E-state index >= 15 is 0 Å². The van der Waals surface area contributed by atoms with Crippen LogP contribution in [0.1, 0.15) is 53.5 Å². The topological polar surface area (TPSA) is 26.0 Å². The zero-order chi connectivity index (χ0) is 15.1. The Hall–Kier alpha value is -1.76. The molecule has 0 saturated heterocycles. The van der Waals surface area contributed by atoms with Crippen LogP contribution in [-0.2, 0) is 25.7 Å². The molecule has 114 valence electrons. The lowest BCUT2D eigenvalue weighted by Crippen LogP contribution is -2.11. The molecule has 0 aliphatic heterocycles. The summed E-state index contributed by atoms with van der Waals surface area (Å²) in [5.41, 5.74) is 17.9. The molecule has 0 atom stereocenters. The predicted octanol–water partition coefficient (Wildman–Crippen LogP) is 5.00. The minimum atomic E-state index is 0.975. The first-order valence-corrected chi connectivity index (χ1v) is 8.77. The fraction of sp³-hybridized carbons (Fsp3) is 0.429. The van der Waals surface area contributed by atoms with Gasteiger partial charge in [-0.3, -0.25) is 0 Å². The van der Waals surface area contributed by atoms with Crippen LogP contribution in [0.3, 0.4) is 0 Å². The van der Waals surface area contributed by atoms with Crippen LogP contribution < -0.4 is 5.73 Å². The van der Waals surface area contributed by atoms with Crippen LogP contribution >= 0.6 is 0 Å². The van der Waals surface area contributed by atoms with Crippen LogP contribution in [0.2, 0.25) is 0 Å². The van der Waals surface area contributed by atoms with Gasteiger partial charge in [-0.2, -0.15) is 0 Å². The summed E-state index contributed by atoms with van der Waals surface area (Å²) in [6.07, 6.45) is 10.1. The van der Waals surface area contributed by atoms with Crippen molar-refractivity contribution in [3.8, 4) is 11.1 Å². The lowest BCUT2D eigenvalue weighted by atomic mass is 9.79. The van der Waals surface area contributed by atoms with Crippen LogP contribution in [0.4, 0.5) is 5.69 Å². The van der Waals surface area contributed by atoms with Crippen molar-refractivity contribution >= 4 is 5.69 Å². The molecule has 1 nitrogen and oxygen atoms in total. The fourth-order valence-electron chi connectivity index (χ4n) is 4.43. The lowest BCUT2D eigenvalue weighted by Gasteiger charge is -2.26. The van der Waals surface area contributed by atoms with Gasteiger partial charge in [0.2, 0.25) is 0 Å². The first-order chi connectivity index (χ1) is 10.8. The van der Waals surface area contributed by atoms with Crippen molar-refractivity contribution < 1.29 is 0 Å². The Bertz CT molecular complexity index is 664. The van der Waals surface area contributed by atoms with Crippen LogP contribution in [0, 0.1) is 6.92 Å². The van der Waals surface area contributed by atoms with Crippen molar-refractivity contribution in [3.63, 3.8) is 0 Å². The Labute approximate surface area is 133 Å². The van der Waals surface area contributed by atoms with Crippen molar-refractivity contribution in [3.05, 3.63) is 52.1 Å². The van der Waals surface area contributed by atoms with Gasteiger partial charge in [0, 0.05) is 11.3 Å². The third-order valence-corrected chi connectivity index (χ3v) is 5.56. The zero-order valence-corrected chi connectivity index (χ0v) is 13.5. The molecule has 2 aliphatic carbocycles. The van der Waals surface area contributed by atoms with Crippen molar-refractivity contribution in [1.82, 2.24) is 0 Å². The number of hydrogen-bond donors (Lipinski definition) is 1. The molecule has 0 saturated carbocycles. The smallest absolute Gasteiger partial charge is 0.0396 e. The van der Waals surface area contributed by atoms with Gasteiger partial charge in [-0.15, -0.1) is 0 Å². The number of nitrogen functional groups attached to an aromatic ring is 1. The average Bonchev–Trinajstić information content (AvgIpc) is 2.56. The number of aryl methyl sites for hydroxylation is 3. The summed E-state index contributed by atoms with van der Waals surface area (Å²) in [6, 6.07) is 9.05. The van der Waals surface area contributed by atoms with Crippen LogP contribution in [0.25, 0.3) is 11.1 Å². The molecule has 0 fully saturated rings. The number of hydrogen-bond acceptors (Lipinski definition) is 1. The van der Waals surface area contributed by atoms with Crippen molar-refractivity contribution in [2.24, 2.45) is 0 Å². The van der Waals surface area contributed by atoms with E-state index in [1.165, 1.54) is 79.2 Å². The van der Waals surface area contributed by atoms with Crippen molar-refractivity contribution in [2.75, 3.05) is 5.73 Å². The van der Waals surface area contributed by atoms with Gasteiger partial charge in [-0.05, 0) is 97.7 Å². The van der Waals surface area contributed by atoms with Gasteiger partial charge in [0.1, 0.15) is 0 Å². The minimum absolute atomic E-state index is 0.975. The van der Waals surface area contributed by atoms with Gasteiger partial charge in [0.25, 0.3) is 0 Å². The largest absolute Gasteiger partial charge is 0.398 e. The van der Waals surface area contributed by atoms with Crippen LogP contribution in [-0.4, -0.2) is 0 Å². The van der Waals surface area contributed by atoms with E-state index in [0.717, 1.165) is 5.69 Å². The number of anilines is 1. The maximum atomic E-state index is 6.48. The van der Waals surface area contributed by atoms with Gasteiger partial charge in [0.15, 0.2) is 0 Å². The van der Waals surface area contributed by atoms with E-state index in [1.54, 1.807) is 11.1 Å². The summed E-state index contributed by atoms with van der Waals surface area (Å²) < 4.78 is 0. The van der Waals surface area contributed by atoms with Crippen molar-refractivity contribution in [2.45, 2.75) is 58.3 Å². The summed E-state index contributed by atoms with van der Waals surface area (Å²) in [5, 5.41) is 0. The van der Waals surface area contributed by atoms with E-state index in [-0.39, 0.29) is 0 Å². The maximum Gasteiger partial charge on any atom is 0.0396 e. The molecule has 0 radical (unpaired) electrons. The summed E-state index contributed by atoms with van der Waals surface area (Å²) in [7, 11) is 0. The molecule has 0 aromatic heterocycles. The molecular weight excluding hydrogens is 266 g/mol. The van der Waals surface area contributed by atoms with E-state index in [2.05, 4.69) is 31.2 Å². The fourth-order valence-corrected chi connectivity index (χ4v) is 4.43. The second kappa shape index (κ2) is 5.46. The van der Waals surface area contributed by atoms with Crippen molar-refractivity contribution in [1.29, 1.82) is 0 Å². The van der Waals surface area contributed by atoms with Gasteiger partial charge >= 0.3 is 0 Å². The molecule has 2 aliphatic rings. The summed E-state index contributed by atoms with van der Waals surface area (Å²) in [5.74, 6) is 0. The molecule has 4 rings (SSSR count). The highest BCUT2D eigenvalue weighted by atomic mass is 14.6. The minimum Gasteiger partial charge on any atom is -0.398 e. The number of nitrogens with two attached hydrogens (primary N) is 1. The highest BCUT2D eigenvalue weighted by molar-refractivity contribution is 5.85. The highest BCUT2D eigenvalue weighted by Crippen LogP contribution is 2.41. The first kappa shape index (κ1) is 13.9. The summed E-state index contributed by atoms with van der Waals surface area (Å²) in [6.45, 7) is 2.26. The Kier molecular flexibility index (Phi) is 3.44. The van der Waals surface area contributed by atoms with E-state index in [9.17, 15) is 0 Å². The van der Waals surface area contributed by atoms with E-state index in [0.29, 0.717) is 0 Å². The number of rotatable bonds is 1. The van der Waals surface area contributed by atoms with Crippen LogP contribution in [0.5, 0.6) is 0 Å². The van der Waals surface area contributed by atoms with Gasteiger partial charge in [-0.25, -0.2) is 0 Å². The quantitative estimate of drug-likeness (QED) is 0.735. The van der Waals surface area contributed by atoms with Gasteiger partial charge in [-0.1, -0.05) is 18.2 Å². The Morgan fingerprint density at radius 3 is 1.91 bits per heavy atom. The molecule has 2 aromatic rings. The molecule has 1 heteroatoms. The molecule has 0 bridgehead atoms. The molecule has 2 aromatic carbocycles. The predicted molar refractivity (Wildman–Crippen MR) is 94.3 cm³/mol. The summed E-state index contributed by atoms with van der Waals surface area (Å²) >= 11 is 0. The molecule has 0 amide bonds. The molecule has 0 unspecified atom stereocenters. The summed E-state index contributed by atoms with van der Waals surface area (Å²) in [4.78, 5) is 0. The monoisotopic (exact) mass is 291 g/mol. The van der Waals surface area contributed by atoms with Gasteiger partial charge < -0.3 is 5.73 Å². The second-order valence-corrected chi connectivity index (χ2v) is 6.98.